The van der Waals surface area contributed by atoms with Crippen molar-refractivity contribution in [2.45, 2.75) is 13.0 Å². The van der Waals surface area contributed by atoms with Gasteiger partial charge in [-0.05, 0) is 37.7 Å². The van der Waals surface area contributed by atoms with Gasteiger partial charge in [-0.1, -0.05) is 30.3 Å². The Hall–Kier alpha value is -2.00. The molecule has 0 amide bonds. The van der Waals surface area contributed by atoms with Gasteiger partial charge in [-0.15, -0.1) is 24.0 Å². The average Bonchev–Trinajstić information content (AvgIpc) is 2.66. The topological polar surface area (TPSA) is 72.1 Å². The first-order chi connectivity index (χ1) is 12.6. The number of nitrogens with one attached hydrogen (secondary N) is 1. The Balaban J connectivity index is 0.00000364. The highest BCUT2D eigenvalue weighted by atomic mass is 127. The number of nitrogens with zero attached hydrogens (tertiary/aromatic N) is 2. The quantitative estimate of drug-likeness (QED) is 0.247. The fourth-order valence-electron chi connectivity index (χ4n) is 2.62. The number of methoxy groups -OCH3 is 2. The summed E-state index contributed by atoms with van der Waals surface area (Å²) in [7, 11) is 5.32. The van der Waals surface area contributed by atoms with Crippen molar-refractivity contribution < 1.29 is 9.47 Å². The molecule has 0 bridgehead atoms. The summed E-state index contributed by atoms with van der Waals surface area (Å²) in [6, 6.07) is 16.0. The number of hydrogen-bond donors (Lipinski definition) is 2. The number of aliphatic imine (C=N–C) groups is 1. The maximum absolute atomic E-state index is 5.96. The lowest BCUT2D eigenvalue weighted by atomic mass is 10.2. The second-order valence-electron chi connectivity index (χ2n) is 6.04. The number of benzene rings is 2. The van der Waals surface area contributed by atoms with Crippen LogP contribution in [0.1, 0.15) is 12.0 Å². The van der Waals surface area contributed by atoms with Crippen LogP contribution in [-0.2, 0) is 6.54 Å². The van der Waals surface area contributed by atoms with Crippen LogP contribution in [0.5, 0.6) is 11.5 Å². The van der Waals surface area contributed by atoms with Gasteiger partial charge in [-0.3, -0.25) is 4.99 Å². The maximum atomic E-state index is 5.96. The summed E-state index contributed by atoms with van der Waals surface area (Å²) >= 11 is 0. The third kappa shape index (κ3) is 8.04. The maximum Gasteiger partial charge on any atom is 0.193 e. The van der Waals surface area contributed by atoms with Gasteiger partial charge in [0.1, 0.15) is 0 Å². The molecule has 0 aromatic heterocycles. The molecular formula is C20H29IN4O2. The summed E-state index contributed by atoms with van der Waals surface area (Å²) in [6.45, 7) is 2.57. The SMILES string of the molecule is COc1ccc(NC(N)=NCCCN(C)Cc2ccccc2)cc1OC.I. The minimum atomic E-state index is 0. The van der Waals surface area contributed by atoms with Crippen molar-refractivity contribution in [1.29, 1.82) is 0 Å². The normalized spacial score (nSPS) is 11.0. The van der Waals surface area contributed by atoms with E-state index in [-0.39, 0.29) is 24.0 Å². The lowest BCUT2D eigenvalue weighted by molar-refractivity contribution is 0.324. The third-order valence-electron chi connectivity index (χ3n) is 3.93. The molecule has 0 radical (unpaired) electrons. The largest absolute Gasteiger partial charge is 0.493 e. The molecule has 0 saturated carbocycles. The molecular weight excluding hydrogens is 455 g/mol. The van der Waals surface area contributed by atoms with Gasteiger partial charge in [0.25, 0.3) is 0 Å². The lowest BCUT2D eigenvalue weighted by Gasteiger charge is -2.16. The van der Waals surface area contributed by atoms with Gasteiger partial charge >= 0.3 is 0 Å². The van der Waals surface area contributed by atoms with E-state index in [1.165, 1.54) is 5.56 Å². The molecule has 0 heterocycles. The molecule has 0 spiro atoms. The molecule has 2 rings (SSSR count). The van der Waals surface area contributed by atoms with E-state index in [1.807, 2.05) is 24.3 Å². The molecule has 0 fully saturated rings. The Bertz CT molecular complexity index is 710. The van der Waals surface area contributed by atoms with Crippen molar-refractivity contribution in [3.05, 3.63) is 54.1 Å². The van der Waals surface area contributed by atoms with Gasteiger partial charge in [0, 0.05) is 24.8 Å². The number of guanidine groups is 1. The van der Waals surface area contributed by atoms with Gasteiger partial charge in [-0.2, -0.15) is 0 Å². The highest BCUT2D eigenvalue weighted by Gasteiger charge is 2.05. The van der Waals surface area contributed by atoms with E-state index in [0.717, 1.165) is 25.2 Å². The van der Waals surface area contributed by atoms with E-state index in [4.69, 9.17) is 15.2 Å². The molecule has 0 unspecified atom stereocenters. The van der Waals surface area contributed by atoms with Gasteiger partial charge in [0.05, 0.1) is 14.2 Å². The summed E-state index contributed by atoms with van der Waals surface area (Å²) in [5.74, 6) is 1.71. The first kappa shape index (κ1) is 23.0. The first-order valence-corrected chi connectivity index (χ1v) is 8.64. The Morgan fingerprint density at radius 3 is 2.44 bits per heavy atom. The fourth-order valence-corrected chi connectivity index (χ4v) is 2.62. The lowest BCUT2D eigenvalue weighted by Crippen LogP contribution is -2.24. The van der Waals surface area contributed by atoms with Crippen molar-refractivity contribution in [2.75, 3.05) is 39.7 Å². The van der Waals surface area contributed by atoms with Crippen LogP contribution in [0.25, 0.3) is 0 Å². The van der Waals surface area contributed by atoms with Gasteiger partial charge < -0.3 is 25.4 Å². The van der Waals surface area contributed by atoms with E-state index in [2.05, 4.69) is 46.5 Å². The zero-order valence-corrected chi connectivity index (χ0v) is 18.5. The molecule has 0 atom stereocenters. The second kappa shape index (κ2) is 12.4. The predicted molar refractivity (Wildman–Crippen MR) is 122 cm³/mol. The van der Waals surface area contributed by atoms with Crippen molar-refractivity contribution in [3.63, 3.8) is 0 Å². The number of hydrogen-bond acceptors (Lipinski definition) is 4. The van der Waals surface area contributed by atoms with E-state index in [1.54, 1.807) is 14.2 Å². The number of anilines is 1. The Kier molecular flexibility index (Phi) is 10.6. The van der Waals surface area contributed by atoms with Crippen LogP contribution in [0.2, 0.25) is 0 Å². The van der Waals surface area contributed by atoms with E-state index < -0.39 is 0 Å². The molecule has 2 aromatic carbocycles. The molecule has 0 aliphatic carbocycles. The van der Waals surface area contributed by atoms with Gasteiger partial charge in [-0.25, -0.2) is 0 Å². The highest BCUT2D eigenvalue weighted by Crippen LogP contribution is 2.29. The third-order valence-corrected chi connectivity index (χ3v) is 3.93. The van der Waals surface area contributed by atoms with Crippen LogP contribution < -0.4 is 20.5 Å². The molecule has 6 nitrogen and oxygen atoms in total. The van der Waals surface area contributed by atoms with E-state index in [9.17, 15) is 0 Å². The van der Waals surface area contributed by atoms with Gasteiger partial charge in [0.15, 0.2) is 17.5 Å². The Morgan fingerprint density at radius 2 is 1.78 bits per heavy atom. The minimum absolute atomic E-state index is 0. The molecule has 2 aromatic rings. The molecule has 0 aliphatic rings. The second-order valence-corrected chi connectivity index (χ2v) is 6.04. The number of halogens is 1. The van der Waals surface area contributed by atoms with Crippen molar-refractivity contribution in [3.8, 4) is 11.5 Å². The summed E-state index contributed by atoms with van der Waals surface area (Å²) in [5.41, 5.74) is 8.08. The van der Waals surface area contributed by atoms with Crippen LogP contribution in [0.4, 0.5) is 5.69 Å². The monoisotopic (exact) mass is 484 g/mol. The Labute approximate surface area is 178 Å². The van der Waals surface area contributed by atoms with E-state index in [0.29, 0.717) is 24.0 Å². The highest BCUT2D eigenvalue weighted by molar-refractivity contribution is 14.0. The fraction of sp³-hybridized carbons (Fsp3) is 0.350. The van der Waals surface area contributed by atoms with Crippen LogP contribution in [0.3, 0.4) is 0 Å². The van der Waals surface area contributed by atoms with Crippen molar-refractivity contribution in [1.82, 2.24) is 4.90 Å². The van der Waals surface area contributed by atoms with Crippen LogP contribution in [0.15, 0.2) is 53.5 Å². The summed E-state index contributed by atoms with van der Waals surface area (Å²) < 4.78 is 10.5. The first-order valence-electron chi connectivity index (χ1n) is 8.64. The molecule has 0 aliphatic heterocycles. The molecule has 0 saturated heterocycles. The van der Waals surface area contributed by atoms with Crippen molar-refractivity contribution in [2.24, 2.45) is 10.7 Å². The number of rotatable bonds is 9. The van der Waals surface area contributed by atoms with Crippen molar-refractivity contribution >= 4 is 35.6 Å². The molecule has 7 heteroatoms. The van der Waals surface area contributed by atoms with Crippen LogP contribution in [0, 0.1) is 0 Å². The zero-order valence-electron chi connectivity index (χ0n) is 16.1. The van der Waals surface area contributed by atoms with Gasteiger partial charge in [0.2, 0.25) is 0 Å². The molecule has 3 N–H and O–H groups in total. The molecule has 27 heavy (non-hydrogen) atoms. The standard InChI is InChI=1S/C20H28N4O2.HI/c1-24(15-16-8-5-4-6-9-16)13-7-12-22-20(21)23-17-10-11-18(25-2)19(14-17)26-3;/h4-6,8-11,14H,7,12-13,15H2,1-3H3,(H3,21,22,23);1H. The van der Waals surface area contributed by atoms with Crippen LogP contribution in [-0.4, -0.2) is 45.2 Å². The smallest absolute Gasteiger partial charge is 0.193 e. The Morgan fingerprint density at radius 1 is 1.07 bits per heavy atom. The summed E-state index contributed by atoms with van der Waals surface area (Å²) in [6.07, 6.45) is 0.942. The summed E-state index contributed by atoms with van der Waals surface area (Å²) in [5, 5.41) is 3.07. The van der Waals surface area contributed by atoms with Crippen LogP contribution >= 0.6 is 24.0 Å². The number of nitrogens with two attached hydrogens (primary N) is 1. The summed E-state index contributed by atoms with van der Waals surface area (Å²) in [4.78, 5) is 6.66. The zero-order chi connectivity index (χ0) is 18.8. The predicted octanol–water partition coefficient (Wildman–Crippen LogP) is 3.57. The minimum Gasteiger partial charge on any atom is -0.493 e. The average molecular weight is 484 g/mol. The molecule has 148 valence electrons. The van der Waals surface area contributed by atoms with E-state index >= 15 is 0 Å². The number of ether oxygens (including phenoxy) is 2.